The van der Waals surface area contributed by atoms with E-state index in [-0.39, 0.29) is 5.91 Å². The van der Waals surface area contributed by atoms with Gasteiger partial charge in [-0.25, -0.2) is 4.99 Å². The molecule has 144 valence electrons. The number of methoxy groups -OCH3 is 1. The zero-order valence-corrected chi connectivity index (χ0v) is 17.6. The standard InChI is InChI=1S/C21H21N3O2S2/c1-4-23-16-13-15(26-3)11-12-17(16)27-20(23)18-19(25)24(5-2)21(28-18)22-14-9-7-6-8-10-14/h6-13H,4-5H2,1-3H3/b20-18+,22-21?. The van der Waals surface area contributed by atoms with Gasteiger partial charge in [0.2, 0.25) is 0 Å². The maximum absolute atomic E-state index is 13.2. The number of benzene rings is 2. The molecule has 0 spiro atoms. The lowest BCUT2D eigenvalue weighted by Gasteiger charge is -2.19. The van der Waals surface area contributed by atoms with Crippen LogP contribution < -0.4 is 9.64 Å². The van der Waals surface area contributed by atoms with Crippen LogP contribution in [0.15, 0.2) is 68.4 Å². The van der Waals surface area contributed by atoms with Gasteiger partial charge in [0.15, 0.2) is 5.17 Å². The SMILES string of the molecule is CCN1C(=O)/C(=C2\Sc3ccc(OC)cc3N2CC)SC1=Nc1ccccc1. The third-order valence-corrected chi connectivity index (χ3v) is 6.96. The van der Waals surface area contributed by atoms with E-state index in [1.165, 1.54) is 11.8 Å². The summed E-state index contributed by atoms with van der Waals surface area (Å²) in [5.41, 5.74) is 1.93. The minimum Gasteiger partial charge on any atom is -0.497 e. The number of amides is 1. The predicted molar refractivity (Wildman–Crippen MR) is 117 cm³/mol. The molecule has 0 aromatic heterocycles. The molecule has 1 fully saturated rings. The molecular formula is C21H21N3O2S2. The Morgan fingerprint density at radius 3 is 2.43 bits per heavy atom. The molecule has 0 aliphatic carbocycles. The lowest BCUT2D eigenvalue weighted by molar-refractivity contribution is -0.122. The Kier molecular flexibility index (Phi) is 5.37. The van der Waals surface area contributed by atoms with E-state index in [9.17, 15) is 4.79 Å². The number of carbonyl (C=O) groups is 1. The highest BCUT2D eigenvalue weighted by Crippen LogP contribution is 2.51. The van der Waals surface area contributed by atoms with Gasteiger partial charge < -0.3 is 9.64 Å². The summed E-state index contributed by atoms with van der Waals surface area (Å²) in [5, 5.41) is 1.70. The Hall–Kier alpha value is -2.38. The third-order valence-electron chi connectivity index (χ3n) is 4.58. The van der Waals surface area contributed by atoms with Crippen LogP contribution in [0.1, 0.15) is 13.8 Å². The molecule has 0 saturated carbocycles. The average Bonchev–Trinajstić information content (AvgIpc) is 3.24. The molecule has 0 unspecified atom stereocenters. The highest BCUT2D eigenvalue weighted by atomic mass is 32.2. The van der Waals surface area contributed by atoms with Crippen LogP contribution in [0.25, 0.3) is 0 Å². The number of thioether (sulfide) groups is 2. The number of para-hydroxylation sites is 1. The van der Waals surface area contributed by atoms with E-state index in [1.54, 1.807) is 23.8 Å². The van der Waals surface area contributed by atoms with E-state index >= 15 is 0 Å². The van der Waals surface area contributed by atoms with Crippen LogP contribution in [0, 0.1) is 0 Å². The Morgan fingerprint density at radius 2 is 1.75 bits per heavy atom. The molecule has 1 saturated heterocycles. The van der Waals surface area contributed by atoms with Gasteiger partial charge >= 0.3 is 0 Å². The summed E-state index contributed by atoms with van der Waals surface area (Å²) >= 11 is 3.09. The van der Waals surface area contributed by atoms with Gasteiger partial charge in [0.05, 0.1) is 18.5 Å². The van der Waals surface area contributed by atoms with Gasteiger partial charge in [-0.3, -0.25) is 9.69 Å². The van der Waals surface area contributed by atoms with Crippen LogP contribution in [-0.4, -0.2) is 36.2 Å². The summed E-state index contributed by atoms with van der Waals surface area (Å²) in [6.45, 7) is 5.44. The molecule has 7 heteroatoms. The average molecular weight is 412 g/mol. The number of hydrogen-bond donors (Lipinski definition) is 0. The molecule has 5 nitrogen and oxygen atoms in total. The molecule has 2 heterocycles. The van der Waals surface area contributed by atoms with Gasteiger partial charge in [0.25, 0.3) is 5.91 Å². The predicted octanol–water partition coefficient (Wildman–Crippen LogP) is 5.08. The minimum absolute atomic E-state index is 0.0166. The molecule has 4 rings (SSSR count). The second kappa shape index (κ2) is 7.93. The maximum atomic E-state index is 13.2. The van der Waals surface area contributed by atoms with Crippen LogP contribution in [0.2, 0.25) is 0 Å². The Morgan fingerprint density at radius 1 is 1.00 bits per heavy atom. The topological polar surface area (TPSA) is 45.1 Å². The van der Waals surface area contributed by atoms with Gasteiger partial charge in [0.1, 0.15) is 15.7 Å². The van der Waals surface area contributed by atoms with E-state index in [1.807, 2.05) is 49.4 Å². The monoisotopic (exact) mass is 411 g/mol. The Labute approximate surface area is 173 Å². The molecule has 2 aromatic carbocycles. The molecule has 2 aliphatic heterocycles. The van der Waals surface area contributed by atoms with Crippen molar-refractivity contribution in [2.45, 2.75) is 18.7 Å². The molecule has 0 bridgehead atoms. The molecule has 2 aromatic rings. The van der Waals surface area contributed by atoms with Crippen LogP contribution in [-0.2, 0) is 4.79 Å². The van der Waals surface area contributed by atoms with Gasteiger partial charge in [-0.05, 0) is 49.9 Å². The van der Waals surface area contributed by atoms with Crippen molar-refractivity contribution >= 4 is 46.0 Å². The fraction of sp³-hybridized carbons (Fsp3) is 0.238. The maximum Gasteiger partial charge on any atom is 0.269 e. The zero-order chi connectivity index (χ0) is 19.7. The van der Waals surface area contributed by atoms with Crippen molar-refractivity contribution in [1.29, 1.82) is 0 Å². The van der Waals surface area contributed by atoms with Crippen molar-refractivity contribution in [1.82, 2.24) is 4.90 Å². The number of nitrogens with zero attached hydrogens (tertiary/aromatic N) is 3. The van der Waals surface area contributed by atoms with Gasteiger partial charge in [-0.1, -0.05) is 30.0 Å². The lowest BCUT2D eigenvalue weighted by Crippen LogP contribution is -2.29. The number of fused-ring (bicyclic) bond motifs is 1. The van der Waals surface area contributed by atoms with E-state index < -0.39 is 0 Å². The minimum atomic E-state index is 0.0166. The summed E-state index contributed by atoms with van der Waals surface area (Å²) in [6, 6.07) is 15.8. The first-order valence-corrected chi connectivity index (χ1v) is 10.8. The fourth-order valence-corrected chi connectivity index (χ4v) is 5.62. The summed E-state index contributed by atoms with van der Waals surface area (Å²) < 4.78 is 5.38. The van der Waals surface area contributed by atoms with Crippen molar-refractivity contribution in [3.63, 3.8) is 0 Å². The smallest absolute Gasteiger partial charge is 0.269 e. The quantitative estimate of drug-likeness (QED) is 0.657. The second-order valence-electron chi connectivity index (χ2n) is 6.20. The number of ether oxygens (including phenoxy) is 1. The van der Waals surface area contributed by atoms with Gasteiger partial charge in [-0.15, -0.1) is 0 Å². The molecular weight excluding hydrogens is 390 g/mol. The highest BCUT2D eigenvalue weighted by Gasteiger charge is 2.39. The van der Waals surface area contributed by atoms with Crippen molar-refractivity contribution in [3.8, 4) is 5.75 Å². The van der Waals surface area contributed by atoms with E-state index in [0.717, 1.165) is 43.7 Å². The number of rotatable bonds is 4. The number of amidine groups is 1. The molecule has 2 aliphatic rings. The van der Waals surface area contributed by atoms with E-state index in [4.69, 9.17) is 9.73 Å². The molecule has 0 N–H and O–H groups in total. The number of anilines is 1. The Balaban J connectivity index is 1.74. The molecule has 0 radical (unpaired) electrons. The lowest BCUT2D eigenvalue weighted by atomic mass is 10.2. The summed E-state index contributed by atoms with van der Waals surface area (Å²) in [5.74, 6) is 0.832. The fourth-order valence-electron chi connectivity index (χ4n) is 3.18. The van der Waals surface area contributed by atoms with Crippen LogP contribution >= 0.6 is 23.5 Å². The first-order valence-electron chi connectivity index (χ1n) is 9.17. The second-order valence-corrected chi connectivity index (χ2v) is 8.20. The number of likely N-dealkylation sites (N-methyl/N-ethyl adjacent to an activating group) is 1. The molecule has 28 heavy (non-hydrogen) atoms. The van der Waals surface area contributed by atoms with Crippen molar-refractivity contribution in [3.05, 3.63) is 58.5 Å². The van der Waals surface area contributed by atoms with Crippen molar-refractivity contribution in [2.75, 3.05) is 25.1 Å². The summed E-state index contributed by atoms with van der Waals surface area (Å²) in [4.78, 5) is 23.7. The Bertz CT molecular complexity index is 973. The first kappa shape index (κ1) is 19.0. The zero-order valence-electron chi connectivity index (χ0n) is 16.0. The van der Waals surface area contributed by atoms with Crippen LogP contribution in [0.5, 0.6) is 5.75 Å². The van der Waals surface area contributed by atoms with Crippen LogP contribution in [0.3, 0.4) is 0 Å². The van der Waals surface area contributed by atoms with Gasteiger partial charge in [0, 0.05) is 24.1 Å². The normalized spacial score (nSPS) is 20.2. The van der Waals surface area contributed by atoms with Gasteiger partial charge in [-0.2, -0.15) is 0 Å². The van der Waals surface area contributed by atoms with Crippen LogP contribution in [0.4, 0.5) is 11.4 Å². The third kappa shape index (κ3) is 3.29. The number of aliphatic imine (C=N–C) groups is 1. The van der Waals surface area contributed by atoms with E-state index in [0.29, 0.717) is 6.54 Å². The van der Waals surface area contributed by atoms with Crippen molar-refractivity contribution < 1.29 is 9.53 Å². The summed E-state index contributed by atoms with van der Waals surface area (Å²) in [6.07, 6.45) is 0. The molecule has 0 atom stereocenters. The summed E-state index contributed by atoms with van der Waals surface area (Å²) in [7, 11) is 1.67. The van der Waals surface area contributed by atoms with E-state index in [2.05, 4.69) is 17.9 Å². The van der Waals surface area contributed by atoms with Crippen molar-refractivity contribution in [2.24, 2.45) is 4.99 Å². The number of hydrogen-bond acceptors (Lipinski definition) is 6. The first-order chi connectivity index (χ1) is 13.7. The highest BCUT2D eigenvalue weighted by molar-refractivity contribution is 8.19. The number of carbonyl (C=O) groups excluding carboxylic acids is 1. The molecule has 1 amide bonds. The largest absolute Gasteiger partial charge is 0.497 e.